The Hall–Kier alpha value is -0.160. The standard InChI is InChI=1S/C11H21NO3/c13-11(3-7-15-8-4-11)9-12-10-1-5-14-6-2-10/h10,12-13H,1-9H2. The Labute approximate surface area is 90.9 Å². The fourth-order valence-electron chi connectivity index (χ4n) is 2.16. The number of aliphatic hydroxyl groups is 1. The summed E-state index contributed by atoms with van der Waals surface area (Å²) in [5, 5.41) is 13.7. The maximum atomic E-state index is 10.2. The van der Waals surface area contributed by atoms with Gasteiger partial charge in [0.05, 0.1) is 5.60 Å². The predicted octanol–water partition coefficient (Wildman–Crippen LogP) is 0.296. The minimum absolute atomic E-state index is 0.519. The first-order valence-corrected chi connectivity index (χ1v) is 5.90. The fraction of sp³-hybridized carbons (Fsp3) is 1.00. The minimum atomic E-state index is -0.545. The van der Waals surface area contributed by atoms with Crippen molar-refractivity contribution in [3.05, 3.63) is 0 Å². The Bertz CT molecular complexity index is 186. The largest absolute Gasteiger partial charge is 0.388 e. The van der Waals surface area contributed by atoms with E-state index in [0.29, 0.717) is 25.8 Å². The Morgan fingerprint density at radius 2 is 1.67 bits per heavy atom. The first-order chi connectivity index (χ1) is 7.29. The zero-order chi connectivity index (χ0) is 10.6. The average Bonchev–Trinajstić information content (AvgIpc) is 2.29. The molecule has 2 N–H and O–H groups in total. The van der Waals surface area contributed by atoms with Crippen molar-refractivity contribution >= 4 is 0 Å². The molecule has 2 aliphatic rings. The van der Waals surface area contributed by atoms with Crippen molar-refractivity contribution in [1.82, 2.24) is 5.32 Å². The number of nitrogens with one attached hydrogen (secondary N) is 1. The summed E-state index contributed by atoms with van der Waals surface area (Å²) in [5.41, 5.74) is -0.545. The van der Waals surface area contributed by atoms with Crippen molar-refractivity contribution in [2.24, 2.45) is 0 Å². The molecule has 2 heterocycles. The van der Waals surface area contributed by atoms with Gasteiger partial charge in [-0.1, -0.05) is 0 Å². The molecule has 4 nitrogen and oxygen atoms in total. The normalized spacial score (nSPS) is 27.8. The van der Waals surface area contributed by atoms with Gasteiger partial charge in [0.1, 0.15) is 0 Å². The van der Waals surface area contributed by atoms with Gasteiger partial charge in [0, 0.05) is 51.9 Å². The molecule has 0 aliphatic carbocycles. The Morgan fingerprint density at radius 3 is 2.33 bits per heavy atom. The van der Waals surface area contributed by atoms with E-state index in [1.54, 1.807) is 0 Å². The molecule has 0 bridgehead atoms. The molecule has 0 aromatic rings. The van der Waals surface area contributed by atoms with E-state index in [2.05, 4.69) is 5.32 Å². The molecule has 0 atom stereocenters. The summed E-state index contributed by atoms with van der Waals surface area (Å²) in [6.07, 6.45) is 3.63. The van der Waals surface area contributed by atoms with Crippen molar-refractivity contribution in [3.8, 4) is 0 Å². The Balaban J connectivity index is 1.70. The van der Waals surface area contributed by atoms with E-state index >= 15 is 0 Å². The highest BCUT2D eigenvalue weighted by molar-refractivity contribution is 4.85. The maximum Gasteiger partial charge on any atom is 0.0815 e. The van der Waals surface area contributed by atoms with Crippen LogP contribution < -0.4 is 5.32 Å². The van der Waals surface area contributed by atoms with Gasteiger partial charge >= 0.3 is 0 Å². The molecular weight excluding hydrogens is 194 g/mol. The van der Waals surface area contributed by atoms with Crippen molar-refractivity contribution < 1.29 is 14.6 Å². The van der Waals surface area contributed by atoms with Crippen LogP contribution in [0.5, 0.6) is 0 Å². The lowest BCUT2D eigenvalue weighted by Gasteiger charge is -2.34. The van der Waals surface area contributed by atoms with Gasteiger partial charge in [-0.05, 0) is 12.8 Å². The zero-order valence-electron chi connectivity index (χ0n) is 9.21. The van der Waals surface area contributed by atoms with Crippen LogP contribution in [0.2, 0.25) is 0 Å². The zero-order valence-corrected chi connectivity index (χ0v) is 9.21. The molecule has 2 fully saturated rings. The predicted molar refractivity (Wildman–Crippen MR) is 56.8 cm³/mol. The third kappa shape index (κ3) is 3.41. The molecule has 2 saturated heterocycles. The number of hydrogen-bond acceptors (Lipinski definition) is 4. The van der Waals surface area contributed by atoms with Crippen molar-refractivity contribution in [3.63, 3.8) is 0 Å². The summed E-state index contributed by atoms with van der Waals surface area (Å²) in [6, 6.07) is 0.519. The molecule has 0 unspecified atom stereocenters. The van der Waals surface area contributed by atoms with E-state index in [-0.39, 0.29) is 0 Å². The molecular formula is C11H21NO3. The first-order valence-electron chi connectivity index (χ1n) is 5.90. The van der Waals surface area contributed by atoms with Gasteiger partial charge < -0.3 is 19.9 Å². The second-order valence-corrected chi connectivity index (χ2v) is 4.60. The van der Waals surface area contributed by atoms with Crippen LogP contribution in [0.4, 0.5) is 0 Å². The summed E-state index contributed by atoms with van der Waals surface area (Å²) < 4.78 is 10.5. The molecule has 15 heavy (non-hydrogen) atoms. The molecule has 2 aliphatic heterocycles. The molecule has 0 aromatic carbocycles. The first kappa shape index (κ1) is 11.3. The van der Waals surface area contributed by atoms with Crippen LogP contribution in [0.15, 0.2) is 0 Å². The lowest BCUT2D eigenvalue weighted by atomic mass is 9.93. The van der Waals surface area contributed by atoms with Crippen LogP contribution in [0.3, 0.4) is 0 Å². The summed E-state index contributed by atoms with van der Waals surface area (Å²) in [6.45, 7) is 3.76. The monoisotopic (exact) mass is 215 g/mol. The number of rotatable bonds is 3. The van der Waals surface area contributed by atoms with E-state index in [0.717, 1.165) is 38.9 Å². The number of ether oxygens (including phenoxy) is 2. The summed E-state index contributed by atoms with van der Waals surface area (Å²) in [5.74, 6) is 0. The summed E-state index contributed by atoms with van der Waals surface area (Å²) >= 11 is 0. The van der Waals surface area contributed by atoms with Crippen molar-refractivity contribution in [1.29, 1.82) is 0 Å². The molecule has 0 spiro atoms. The van der Waals surface area contributed by atoms with Gasteiger partial charge in [-0.15, -0.1) is 0 Å². The molecule has 0 radical (unpaired) electrons. The average molecular weight is 215 g/mol. The molecule has 4 heteroatoms. The topological polar surface area (TPSA) is 50.7 Å². The quantitative estimate of drug-likeness (QED) is 0.711. The van der Waals surface area contributed by atoms with Gasteiger partial charge in [-0.2, -0.15) is 0 Å². The van der Waals surface area contributed by atoms with Gasteiger partial charge in [-0.25, -0.2) is 0 Å². The molecule has 0 saturated carbocycles. The van der Waals surface area contributed by atoms with Crippen LogP contribution >= 0.6 is 0 Å². The van der Waals surface area contributed by atoms with Gasteiger partial charge in [0.2, 0.25) is 0 Å². The van der Waals surface area contributed by atoms with Crippen molar-refractivity contribution in [2.75, 3.05) is 33.0 Å². The second kappa shape index (κ2) is 5.25. The highest BCUT2D eigenvalue weighted by Crippen LogP contribution is 2.20. The third-order valence-corrected chi connectivity index (χ3v) is 3.36. The van der Waals surface area contributed by atoms with Crippen LogP contribution in [-0.4, -0.2) is 49.7 Å². The highest BCUT2D eigenvalue weighted by atomic mass is 16.5. The Morgan fingerprint density at radius 1 is 1.07 bits per heavy atom. The molecule has 2 rings (SSSR count). The van der Waals surface area contributed by atoms with Crippen LogP contribution in [-0.2, 0) is 9.47 Å². The van der Waals surface area contributed by atoms with Gasteiger partial charge in [0.15, 0.2) is 0 Å². The summed E-state index contributed by atoms with van der Waals surface area (Å²) in [4.78, 5) is 0. The SMILES string of the molecule is OC1(CNC2CCOCC2)CCOCC1. The second-order valence-electron chi connectivity index (χ2n) is 4.60. The maximum absolute atomic E-state index is 10.2. The Kier molecular flexibility index (Phi) is 3.97. The lowest BCUT2D eigenvalue weighted by Crippen LogP contribution is -2.48. The number of hydrogen-bond donors (Lipinski definition) is 2. The smallest absolute Gasteiger partial charge is 0.0815 e. The van der Waals surface area contributed by atoms with Crippen LogP contribution in [0.1, 0.15) is 25.7 Å². The van der Waals surface area contributed by atoms with Crippen molar-refractivity contribution in [2.45, 2.75) is 37.3 Å². The fourth-order valence-corrected chi connectivity index (χ4v) is 2.16. The van der Waals surface area contributed by atoms with E-state index in [1.165, 1.54) is 0 Å². The van der Waals surface area contributed by atoms with Gasteiger partial charge in [-0.3, -0.25) is 0 Å². The molecule has 88 valence electrons. The van der Waals surface area contributed by atoms with E-state index < -0.39 is 5.60 Å². The van der Waals surface area contributed by atoms with Crippen LogP contribution in [0.25, 0.3) is 0 Å². The summed E-state index contributed by atoms with van der Waals surface area (Å²) in [7, 11) is 0. The van der Waals surface area contributed by atoms with Crippen LogP contribution in [0, 0.1) is 0 Å². The minimum Gasteiger partial charge on any atom is -0.388 e. The highest BCUT2D eigenvalue weighted by Gasteiger charge is 2.30. The molecule has 0 amide bonds. The molecule has 0 aromatic heterocycles. The van der Waals surface area contributed by atoms with E-state index in [1.807, 2.05) is 0 Å². The van der Waals surface area contributed by atoms with E-state index in [9.17, 15) is 5.11 Å². The third-order valence-electron chi connectivity index (χ3n) is 3.36. The van der Waals surface area contributed by atoms with Gasteiger partial charge in [0.25, 0.3) is 0 Å². The lowest BCUT2D eigenvalue weighted by molar-refractivity contribution is -0.0644. The van der Waals surface area contributed by atoms with E-state index in [4.69, 9.17) is 9.47 Å².